The molecule has 24 heavy (non-hydrogen) atoms. The first-order valence-corrected chi connectivity index (χ1v) is 7.07. The number of ketones is 2. The lowest BCUT2D eigenvalue weighted by atomic mass is 9.88. The average molecular weight is 334 g/mol. The van der Waals surface area contributed by atoms with Crippen LogP contribution < -0.4 is 4.74 Å². The number of aliphatic hydroxyl groups excluding tert-OH is 1. The van der Waals surface area contributed by atoms with Gasteiger partial charge in [0.05, 0.1) is 25.9 Å². The summed E-state index contributed by atoms with van der Waals surface area (Å²) in [4.78, 5) is 24.2. The fraction of sp³-hybridized carbons (Fsp3) is 0.294. The third-order valence-corrected chi connectivity index (χ3v) is 3.86. The van der Waals surface area contributed by atoms with Gasteiger partial charge < -0.3 is 24.8 Å². The Bertz CT molecular complexity index is 774. The van der Waals surface area contributed by atoms with Crippen molar-refractivity contribution in [2.24, 2.45) is 0 Å². The van der Waals surface area contributed by atoms with Crippen molar-refractivity contribution in [1.82, 2.24) is 0 Å². The monoisotopic (exact) mass is 334 g/mol. The minimum absolute atomic E-state index is 0.0136. The maximum atomic E-state index is 12.3. The number of rotatable bonds is 5. The predicted octanol–water partition coefficient (Wildman–Crippen LogP) is 1.34. The van der Waals surface area contributed by atoms with Crippen LogP contribution in [-0.4, -0.2) is 47.2 Å². The van der Waals surface area contributed by atoms with Crippen LogP contribution in [0.3, 0.4) is 0 Å². The number of aliphatic hydroxyl groups is 1. The van der Waals surface area contributed by atoms with E-state index in [0.717, 1.165) is 6.08 Å². The topological polar surface area (TPSA) is 113 Å². The van der Waals surface area contributed by atoms with Gasteiger partial charge in [-0.1, -0.05) is 12.2 Å². The molecule has 1 atom stereocenters. The summed E-state index contributed by atoms with van der Waals surface area (Å²) in [5, 5.41) is 30.9. The van der Waals surface area contributed by atoms with Gasteiger partial charge in [0, 0.05) is 17.5 Å². The number of carbonyl (C=O) groups is 2. The Hall–Kier alpha value is -2.80. The van der Waals surface area contributed by atoms with Crippen LogP contribution in [0.2, 0.25) is 0 Å². The van der Waals surface area contributed by atoms with E-state index in [9.17, 15) is 24.9 Å². The molecule has 3 N–H and O–H groups in total. The number of phenolic OH excluding ortho intramolecular Hbond substituents is 2. The third kappa shape index (κ3) is 2.63. The van der Waals surface area contributed by atoms with Crippen molar-refractivity contribution in [3.8, 4) is 17.2 Å². The van der Waals surface area contributed by atoms with Crippen LogP contribution in [0.5, 0.6) is 17.2 Å². The number of ether oxygens (including phenoxy) is 2. The van der Waals surface area contributed by atoms with Gasteiger partial charge in [-0.25, -0.2) is 0 Å². The number of aromatic hydroxyl groups is 2. The number of Topliss-reactive ketones (excluding diaryl/α,β-unsaturated/α-hetero) is 2. The molecule has 0 spiro atoms. The van der Waals surface area contributed by atoms with Crippen molar-refractivity contribution < 1.29 is 34.4 Å². The summed E-state index contributed by atoms with van der Waals surface area (Å²) in [5.41, 5.74) is 0.0275. The highest BCUT2D eigenvalue weighted by atomic mass is 16.5. The summed E-state index contributed by atoms with van der Waals surface area (Å²) in [7, 11) is 2.49. The molecule has 0 heterocycles. The van der Waals surface area contributed by atoms with E-state index in [0.29, 0.717) is 5.57 Å². The molecule has 0 aliphatic heterocycles. The van der Waals surface area contributed by atoms with Crippen LogP contribution in [0.25, 0.3) is 6.08 Å². The van der Waals surface area contributed by atoms with E-state index >= 15 is 0 Å². The lowest BCUT2D eigenvalue weighted by molar-refractivity contribution is -0.114. The molecular weight excluding hydrogens is 316 g/mol. The van der Waals surface area contributed by atoms with Gasteiger partial charge in [-0.05, 0) is 13.0 Å². The maximum Gasteiger partial charge on any atom is 0.268 e. The molecule has 128 valence electrons. The third-order valence-electron chi connectivity index (χ3n) is 3.86. The number of allylic oxidation sites excluding steroid dienone is 1. The van der Waals surface area contributed by atoms with Gasteiger partial charge in [0.2, 0.25) is 5.78 Å². The van der Waals surface area contributed by atoms with Gasteiger partial charge in [0.1, 0.15) is 5.75 Å². The van der Waals surface area contributed by atoms with Gasteiger partial charge in [-0.15, -0.1) is 0 Å². The van der Waals surface area contributed by atoms with Gasteiger partial charge in [0.25, 0.3) is 5.78 Å². The molecule has 1 aliphatic carbocycles. The number of carbonyl (C=O) groups excluding carboxylic acids is 2. The van der Waals surface area contributed by atoms with Crippen molar-refractivity contribution in [3.05, 3.63) is 34.6 Å². The number of benzene rings is 1. The molecule has 7 heteroatoms. The lowest BCUT2D eigenvalue weighted by Gasteiger charge is -2.22. The van der Waals surface area contributed by atoms with Crippen molar-refractivity contribution in [1.29, 1.82) is 0 Å². The van der Waals surface area contributed by atoms with Crippen molar-refractivity contribution in [2.75, 3.05) is 14.2 Å². The number of hydrogen-bond acceptors (Lipinski definition) is 7. The summed E-state index contributed by atoms with van der Waals surface area (Å²) in [5.74, 6) is -3.24. The van der Waals surface area contributed by atoms with E-state index in [2.05, 4.69) is 6.58 Å². The SMILES string of the molecule is C=C(C)C(O)Cc1c(O)c2c(c(O)c1OC)C=C(OC)C(=O)C2=O. The van der Waals surface area contributed by atoms with Gasteiger partial charge in [0.15, 0.2) is 17.3 Å². The zero-order chi connectivity index (χ0) is 18.2. The largest absolute Gasteiger partial charge is 0.507 e. The first-order valence-electron chi connectivity index (χ1n) is 7.07. The van der Waals surface area contributed by atoms with Crippen molar-refractivity contribution in [3.63, 3.8) is 0 Å². The maximum absolute atomic E-state index is 12.3. The zero-order valence-corrected chi connectivity index (χ0v) is 13.5. The normalized spacial score (nSPS) is 14.8. The molecule has 0 saturated carbocycles. The highest BCUT2D eigenvalue weighted by Gasteiger charge is 2.36. The molecule has 1 unspecified atom stereocenters. The Kier molecular flexibility index (Phi) is 4.66. The smallest absolute Gasteiger partial charge is 0.268 e. The molecule has 0 amide bonds. The Morgan fingerprint density at radius 1 is 1.17 bits per heavy atom. The summed E-state index contributed by atoms with van der Waals surface area (Å²) < 4.78 is 9.95. The summed E-state index contributed by atoms with van der Waals surface area (Å²) in [6.45, 7) is 5.20. The van der Waals surface area contributed by atoms with E-state index in [1.165, 1.54) is 14.2 Å². The first kappa shape index (κ1) is 17.6. The minimum Gasteiger partial charge on any atom is -0.507 e. The van der Waals surface area contributed by atoms with Crippen LogP contribution >= 0.6 is 0 Å². The summed E-state index contributed by atoms with van der Waals surface area (Å²) in [6, 6.07) is 0. The second-order valence-corrected chi connectivity index (χ2v) is 5.43. The van der Waals surface area contributed by atoms with Crippen molar-refractivity contribution in [2.45, 2.75) is 19.4 Å². The highest BCUT2D eigenvalue weighted by Crippen LogP contribution is 2.46. The van der Waals surface area contributed by atoms with E-state index in [-0.39, 0.29) is 34.6 Å². The molecule has 7 nitrogen and oxygen atoms in total. The van der Waals surface area contributed by atoms with Crippen molar-refractivity contribution >= 4 is 17.6 Å². The molecular formula is C17H18O7. The molecule has 2 rings (SSSR count). The van der Waals surface area contributed by atoms with E-state index < -0.39 is 29.2 Å². The molecule has 0 radical (unpaired) electrons. The second kappa shape index (κ2) is 6.37. The molecule has 0 bridgehead atoms. The molecule has 0 aromatic heterocycles. The van der Waals surface area contributed by atoms with Crippen LogP contribution in [0.4, 0.5) is 0 Å². The molecule has 1 aromatic carbocycles. The number of phenols is 2. The number of fused-ring (bicyclic) bond motifs is 1. The quantitative estimate of drug-likeness (QED) is 0.423. The van der Waals surface area contributed by atoms with Crippen LogP contribution in [0.1, 0.15) is 28.4 Å². The minimum atomic E-state index is -1.03. The van der Waals surface area contributed by atoms with E-state index in [1.807, 2.05) is 0 Å². The van der Waals surface area contributed by atoms with Gasteiger partial charge >= 0.3 is 0 Å². The van der Waals surface area contributed by atoms with Crippen LogP contribution in [-0.2, 0) is 16.0 Å². The molecule has 0 fully saturated rings. The zero-order valence-electron chi connectivity index (χ0n) is 13.5. The average Bonchev–Trinajstić information content (AvgIpc) is 2.54. The number of hydrogen-bond donors (Lipinski definition) is 3. The first-order chi connectivity index (χ1) is 11.2. The Labute approximate surface area is 138 Å². The second-order valence-electron chi connectivity index (χ2n) is 5.43. The predicted molar refractivity (Wildman–Crippen MR) is 85.2 cm³/mol. The fourth-order valence-corrected chi connectivity index (χ4v) is 2.49. The molecule has 1 aromatic rings. The fourth-order valence-electron chi connectivity index (χ4n) is 2.49. The standard InChI is InChI=1S/C17H18O7/c1-7(2)10(18)5-9-13(19)12-8(14(20)17(9)24-4)6-11(23-3)15(21)16(12)22/h6,10,18-20H,1,5H2,2-4H3. The Balaban J connectivity index is 2.77. The summed E-state index contributed by atoms with van der Waals surface area (Å²) in [6.07, 6.45) is -0.00922. The lowest BCUT2D eigenvalue weighted by Crippen LogP contribution is -2.23. The number of methoxy groups -OCH3 is 2. The summed E-state index contributed by atoms with van der Waals surface area (Å²) >= 11 is 0. The van der Waals surface area contributed by atoms with Gasteiger partial charge in [-0.3, -0.25) is 9.59 Å². The van der Waals surface area contributed by atoms with E-state index in [1.54, 1.807) is 6.92 Å². The molecule has 1 aliphatic rings. The van der Waals surface area contributed by atoms with E-state index in [4.69, 9.17) is 9.47 Å². The Morgan fingerprint density at radius 2 is 1.79 bits per heavy atom. The highest BCUT2D eigenvalue weighted by molar-refractivity contribution is 6.52. The van der Waals surface area contributed by atoms with Crippen LogP contribution in [0, 0.1) is 0 Å². The van der Waals surface area contributed by atoms with Gasteiger partial charge in [-0.2, -0.15) is 0 Å². The molecule has 0 saturated heterocycles. The van der Waals surface area contributed by atoms with Crippen LogP contribution in [0.15, 0.2) is 17.9 Å². The Morgan fingerprint density at radius 3 is 2.29 bits per heavy atom.